The fourth-order valence-corrected chi connectivity index (χ4v) is 3.51. The summed E-state index contributed by atoms with van der Waals surface area (Å²) in [7, 11) is 0. The third-order valence-corrected chi connectivity index (χ3v) is 4.56. The number of aromatic nitrogens is 1. The summed E-state index contributed by atoms with van der Waals surface area (Å²) < 4.78 is 0. The molecule has 2 aliphatic heterocycles. The van der Waals surface area contributed by atoms with Gasteiger partial charge in [-0.3, -0.25) is 9.88 Å². The predicted molar refractivity (Wildman–Crippen MR) is 78.0 cm³/mol. The molecule has 2 saturated heterocycles. The minimum absolute atomic E-state index is 0.714. The van der Waals surface area contributed by atoms with Crippen molar-refractivity contribution in [3.8, 4) is 0 Å². The Bertz CT molecular complexity index is 395. The molecule has 2 aliphatic rings. The van der Waals surface area contributed by atoms with Crippen molar-refractivity contribution in [2.24, 2.45) is 0 Å². The summed E-state index contributed by atoms with van der Waals surface area (Å²) in [5.74, 6) is 0. The predicted octanol–water partition coefficient (Wildman–Crippen LogP) is 2.50. The van der Waals surface area contributed by atoms with Crippen molar-refractivity contribution in [2.75, 3.05) is 13.1 Å². The molecule has 1 aromatic rings. The van der Waals surface area contributed by atoms with E-state index in [0.29, 0.717) is 6.04 Å². The Morgan fingerprint density at radius 1 is 1.26 bits per heavy atom. The first-order valence-electron chi connectivity index (χ1n) is 7.72. The van der Waals surface area contributed by atoms with Crippen LogP contribution in [0.15, 0.2) is 18.3 Å². The van der Waals surface area contributed by atoms with Gasteiger partial charge in [-0.25, -0.2) is 0 Å². The van der Waals surface area contributed by atoms with Gasteiger partial charge in [0.25, 0.3) is 0 Å². The maximum absolute atomic E-state index is 4.57. The number of hydrogen-bond acceptors (Lipinski definition) is 3. The number of hydrogen-bond donors (Lipinski definition) is 1. The molecule has 0 saturated carbocycles. The van der Waals surface area contributed by atoms with Crippen LogP contribution in [0.5, 0.6) is 0 Å². The molecule has 3 heteroatoms. The molecule has 2 fully saturated rings. The molecule has 1 aromatic heterocycles. The van der Waals surface area contributed by atoms with E-state index in [1.165, 1.54) is 56.5 Å². The fourth-order valence-electron chi connectivity index (χ4n) is 3.51. The van der Waals surface area contributed by atoms with E-state index in [0.717, 1.165) is 12.6 Å². The zero-order chi connectivity index (χ0) is 13.1. The molecular formula is C16H25N3. The van der Waals surface area contributed by atoms with Crippen molar-refractivity contribution >= 4 is 0 Å². The molecule has 0 bridgehead atoms. The van der Waals surface area contributed by atoms with Crippen molar-refractivity contribution < 1.29 is 0 Å². The highest BCUT2D eigenvalue weighted by atomic mass is 15.2. The van der Waals surface area contributed by atoms with E-state index in [1.54, 1.807) is 0 Å². The lowest BCUT2D eigenvalue weighted by molar-refractivity contribution is 0.111. The lowest BCUT2D eigenvalue weighted by Crippen LogP contribution is -2.49. The number of piperidine rings is 1. The molecule has 104 valence electrons. The van der Waals surface area contributed by atoms with Gasteiger partial charge in [-0.15, -0.1) is 0 Å². The summed E-state index contributed by atoms with van der Waals surface area (Å²) in [5.41, 5.74) is 2.46. The SMILES string of the molecule is Cc1ccc(CN2CCCCC2C2CCCN2)nc1. The van der Waals surface area contributed by atoms with E-state index in [9.17, 15) is 0 Å². The smallest absolute Gasteiger partial charge is 0.0544 e. The second-order valence-electron chi connectivity index (χ2n) is 6.06. The topological polar surface area (TPSA) is 28.2 Å². The number of nitrogens with one attached hydrogen (secondary N) is 1. The van der Waals surface area contributed by atoms with Gasteiger partial charge in [0.2, 0.25) is 0 Å². The largest absolute Gasteiger partial charge is 0.312 e. The van der Waals surface area contributed by atoms with Crippen molar-refractivity contribution in [1.82, 2.24) is 15.2 Å². The van der Waals surface area contributed by atoms with Gasteiger partial charge in [-0.2, -0.15) is 0 Å². The highest BCUT2D eigenvalue weighted by Gasteiger charge is 2.31. The molecule has 0 spiro atoms. The highest BCUT2D eigenvalue weighted by Crippen LogP contribution is 2.25. The van der Waals surface area contributed by atoms with Gasteiger partial charge in [0.1, 0.15) is 0 Å². The van der Waals surface area contributed by atoms with E-state index in [4.69, 9.17) is 0 Å². The lowest BCUT2D eigenvalue weighted by atomic mass is 9.94. The molecule has 3 heterocycles. The fraction of sp³-hybridized carbons (Fsp3) is 0.688. The molecule has 0 radical (unpaired) electrons. The van der Waals surface area contributed by atoms with E-state index < -0.39 is 0 Å². The monoisotopic (exact) mass is 259 g/mol. The average molecular weight is 259 g/mol. The van der Waals surface area contributed by atoms with Crippen LogP contribution in [-0.2, 0) is 6.54 Å². The van der Waals surface area contributed by atoms with Crippen molar-refractivity contribution in [3.63, 3.8) is 0 Å². The number of rotatable bonds is 3. The van der Waals surface area contributed by atoms with Crippen molar-refractivity contribution in [1.29, 1.82) is 0 Å². The van der Waals surface area contributed by atoms with E-state index in [-0.39, 0.29) is 0 Å². The van der Waals surface area contributed by atoms with Crippen LogP contribution in [0.3, 0.4) is 0 Å². The minimum Gasteiger partial charge on any atom is -0.312 e. The van der Waals surface area contributed by atoms with Gasteiger partial charge >= 0.3 is 0 Å². The first kappa shape index (κ1) is 13.1. The van der Waals surface area contributed by atoms with Crippen LogP contribution < -0.4 is 5.32 Å². The molecular weight excluding hydrogens is 234 g/mol. The van der Waals surface area contributed by atoms with Crippen LogP contribution in [0, 0.1) is 6.92 Å². The first-order valence-corrected chi connectivity index (χ1v) is 7.72. The van der Waals surface area contributed by atoms with Crippen LogP contribution in [0.25, 0.3) is 0 Å². The third-order valence-electron chi connectivity index (χ3n) is 4.56. The van der Waals surface area contributed by atoms with Gasteiger partial charge in [-0.05, 0) is 57.3 Å². The van der Waals surface area contributed by atoms with Crippen LogP contribution in [0.2, 0.25) is 0 Å². The van der Waals surface area contributed by atoms with Crippen LogP contribution >= 0.6 is 0 Å². The average Bonchev–Trinajstić information content (AvgIpc) is 2.96. The number of pyridine rings is 1. The highest BCUT2D eigenvalue weighted by molar-refractivity contribution is 5.12. The molecule has 0 aliphatic carbocycles. The summed E-state index contributed by atoms with van der Waals surface area (Å²) in [6, 6.07) is 5.79. The maximum atomic E-state index is 4.57. The third kappa shape index (κ3) is 3.15. The molecule has 0 amide bonds. The molecule has 0 aromatic carbocycles. The molecule has 1 N–H and O–H groups in total. The lowest BCUT2D eigenvalue weighted by Gasteiger charge is -2.39. The Hall–Kier alpha value is -0.930. The Labute approximate surface area is 116 Å². The Morgan fingerprint density at radius 3 is 2.95 bits per heavy atom. The van der Waals surface area contributed by atoms with Crippen LogP contribution in [0.1, 0.15) is 43.4 Å². The first-order chi connectivity index (χ1) is 9.33. The Balaban J connectivity index is 1.67. The van der Waals surface area contributed by atoms with Gasteiger partial charge in [0.05, 0.1) is 5.69 Å². The van der Waals surface area contributed by atoms with E-state index in [1.807, 2.05) is 6.20 Å². The van der Waals surface area contributed by atoms with E-state index in [2.05, 4.69) is 34.3 Å². The minimum atomic E-state index is 0.714. The van der Waals surface area contributed by atoms with Gasteiger partial charge < -0.3 is 5.32 Å². The number of nitrogens with zero attached hydrogens (tertiary/aromatic N) is 2. The number of aryl methyl sites for hydroxylation is 1. The van der Waals surface area contributed by atoms with Gasteiger partial charge in [0.15, 0.2) is 0 Å². The summed E-state index contributed by atoms with van der Waals surface area (Å²) in [4.78, 5) is 7.23. The molecule has 2 unspecified atom stereocenters. The summed E-state index contributed by atoms with van der Waals surface area (Å²) >= 11 is 0. The summed E-state index contributed by atoms with van der Waals surface area (Å²) in [6.07, 6.45) is 8.77. The second-order valence-corrected chi connectivity index (χ2v) is 6.06. The van der Waals surface area contributed by atoms with Crippen molar-refractivity contribution in [3.05, 3.63) is 29.6 Å². The Morgan fingerprint density at radius 2 is 2.21 bits per heavy atom. The van der Waals surface area contributed by atoms with Crippen LogP contribution in [0.4, 0.5) is 0 Å². The maximum Gasteiger partial charge on any atom is 0.0544 e. The zero-order valence-electron chi connectivity index (χ0n) is 11.9. The molecule has 19 heavy (non-hydrogen) atoms. The van der Waals surface area contributed by atoms with E-state index >= 15 is 0 Å². The normalized spacial score (nSPS) is 28.7. The second kappa shape index (κ2) is 6.02. The van der Waals surface area contributed by atoms with Crippen molar-refractivity contribution in [2.45, 2.75) is 57.7 Å². The molecule has 3 nitrogen and oxygen atoms in total. The summed E-state index contributed by atoms with van der Waals surface area (Å²) in [5, 5.41) is 3.69. The standard InChI is InChI=1S/C16H25N3/c1-13-7-8-14(18-11-13)12-19-10-3-2-6-16(19)15-5-4-9-17-15/h7-8,11,15-17H,2-6,9-10,12H2,1H3. The van der Waals surface area contributed by atoms with Gasteiger partial charge in [0, 0.05) is 24.8 Å². The Kier molecular flexibility index (Phi) is 4.14. The van der Waals surface area contributed by atoms with Gasteiger partial charge in [-0.1, -0.05) is 12.5 Å². The quantitative estimate of drug-likeness (QED) is 0.904. The molecule has 3 rings (SSSR count). The van der Waals surface area contributed by atoms with Crippen LogP contribution in [-0.4, -0.2) is 35.1 Å². The summed E-state index contributed by atoms with van der Waals surface area (Å²) in [6.45, 7) is 5.56. The number of likely N-dealkylation sites (tertiary alicyclic amines) is 1. The zero-order valence-corrected chi connectivity index (χ0v) is 11.9. The molecule has 2 atom stereocenters.